The van der Waals surface area contributed by atoms with Crippen LogP contribution in [0.15, 0.2) is 45.6 Å². The first-order valence-corrected chi connectivity index (χ1v) is 5.77. The van der Waals surface area contributed by atoms with Crippen LogP contribution in [0.4, 0.5) is 0 Å². The van der Waals surface area contributed by atoms with Crippen molar-refractivity contribution in [3.8, 4) is 0 Å². The van der Waals surface area contributed by atoms with E-state index in [9.17, 15) is 9.59 Å². The van der Waals surface area contributed by atoms with Crippen LogP contribution < -0.4 is 5.43 Å². The van der Waals surface area contributed by atoms with E-state index in [1.54, 1.807) is 12.1 Å². The number of benzene rings is 2. The van der Waals surface area contributed by atoms with Gasteiger partial charge in [-0.15, -0.1) is 0 Å². The fourth-order valence-corrected chi connectivity index (χ4v) is 2.15. The Bertz CT molecular complexity index is 874. The van der Waals surface area contributed by atoms with Crippen molar-refractivity contribution in [2.75, 3.05) is 0 Å². The Morgan fingerprint density at radius 3 is 2.68 bits per heavy atom. The molecule has 3 rings (SSSR count). The quantitative estimate of drug-likeness (QED) is 0.678. The minimum absolute atomic E-state index is 0.101. The molecule has 0 atom stereocenters. The third-order valence-electron chi connectivity index (χ3n) is 3.14. The number of hydrogen-bond donors (Lipinski definition) is 1. The third-order valence-corrected chi connectivity index (χ3v) is 3.14. The Morgan fingerprint density at radius 2 is 1.95 bits per heavy atom. The zero-order valence-corrected chi connectivity index (χ0v) is 10.1. The molecule has 1 N–H and O–H groups in total. The monoisotopic (exact) mass is 254 g/mol. The van der Waals surface area contributed by atoms with Gasteiger partial charge in [0.15, 0.2) is 0 Å². The first kappa shape index (κ1) is 11.5. The SMILES string of the molecule is Cc1cccc2c(=O)c3ccc(C(=O)O)cc3oc12. The van der Waals surface area contributed by atoms with Gasteiger partial charge in [0, 0.05) is 0 Å². The lowest BCUT2D eigenvalue weighted by Gasteiger charge is -2.04. The lowest BCUT2D eigenvalue weighted by atomic mass is 10.1. The van der Waals surface area contributed by atoms with E-state index in [0.29, 0.717) is 21.9 Å². The molecule has 1 aromatic heterocycles. The van der Waals surface area contributed by atoms with Crippen LogP contribution in [0, 0.1) is 6.92 Å². The summed E-state index contributed by atoms with van der Waals surface area (Å²) in [5, 5.41) is 9.86. The molecule has 0 amide bonds. The number of hydrogen-bond acceptors (Lipinski definition) is 3. The third kappa shape index (κ3) is 1.69. The number of fused-ring (bicyclic) bond motifs is 2. The van der Waals surface area contributed by atoms with Crippen LogP contribution in [0.2, 0.25) is 0 Å². The summed E-state index contributed by atoms with van der Waals surface area (Å²) in [6, 6.07) is 9.63. The Balaban J connectivity index is 2.51. The molecule has 0 aliphatic heterocycles. The molecule has 0 saturated carbocycles. The Morgan fingerprint density at radius 1 is 1.16 bits per heavy atom. The fourth-order valence-electron chi connectivity index (χ4n) is 2.15. The van der Waals surface area contributed by atoms with E-state index in [1.807, 2.05) is 13.0 Å². The molecule has 0 saturated heterocycles. The Labute approximate surface area is 107 Å². The van der Waals surface area contributed by atoms with Gasteiger partial charge in [0.25, 0.3) is 0 Å². The molecule has 0 unspecified atom stereocenters. The lowest BCUT2D eigenvalue weighted by Crippen LogP contribution is -2.04. The summed E-state index contributed by atoms with van der Waals surface area (Å²) in [6.45, 7) is 1.85. The normalized spacial score (nSPS) is 11.0. The molecular formula is C15H10O4. The van der Waals surface area contributed by atoms with Crippen molar-refractivity contribution < 1.29 is 14.3 Å². The summed E-state index contributed by atoms with van der Waals surface area (Å²) in [5.41, 5.74) is 1.60. The van der Waals surface area contributed by atoms with Crippen molar-refractivity contribution in [2.24, 2.45) is 0 Å². The van der Waals surface area contributed by atoms with Crippen LogP contribution in [0.3, 0.4) is 0 Å². The summed E-state index contributed by atoms with van der Waals surface area (Å²) in [5.74, 6) is -1.05. The number of carboxylic acid groups (broad SMARTS) is 1. The summed E-state index contributed by atoms with van der Waals surface area (Å²) >= 11 is 0. The van der Waals surface area contributed by atoms with E-state index in [4.69, 9.17) is 9.52 Å². The van der Waals surface area contributed by atoms with Crippen molar-refractivity contribution in [3.63, 3.8) is 0 Å². The molecule has 0 bridgehead atoms. The molecule has 0 spiro atoms. The maximum atomic E-state index is 12.3. The second kappa shape index (κ2) is 3.95. The van der Waals surface area contributed by atoms with Gasteiger partial charge >= 0.3 is 5.97 Å². The van der Waals surface area contributed by atoms with Crippen molar-refractivity contribution >= 4 is 27.9 Å². The minimum Gasteiger partial charge on any atom is -0.478 e. The Kier molecular flexibility index (Phi) is 2.38. The second-order valence-corrected chi connectivity index (χ2v) is 4.40. The van der Waals surface area contributed by atoms with Gasteiger partial charge in [0.2, 0.25) is 5.43 Å². The average molecular weight is 254 g/mol. The van der Waals surface area contributed by atoms with Gasteiger partial charge in [0.1, 0.15) is 11.2 Å². The van der Waals surface area contributed by atoms with Crippen LogP contribution in [0.5, 0.6) is 0 Å². The van der Waals surface area contributed by atoms with Gasteiger partial charge in [-0.05, 0) is 36.8 Å². The fraction of sp³-hybridized carbons (Fsp3) is 0.0667. The Hall–Kier alpha value is -2.62. The van der Waals surface area contributed by atoms with E-state index >= 15 is 0 Å². The number of para-hydroxylation sites is 1. The van der Waals surface area contributed by atoms with Gasteiger partial charge in [-0.1, -0.05) is 12.1 Å². The predicted octanol–water partition coefficient (Wildman–Crippen LogP) is 2.95. The number of carboxylic acids is 1. The van der Waals surface area contributed by atoms with E-state index in [2.05, 4.69) is 0 Å². The highest BCUT2D eigenvalue weighted by Crippen LogP contribution is 2.22. The molecule has 0 aliphatic rings. The smallest absolute Gasteiger partial charge is 0.335 e. The zero-order valence-electron chi connectivity index (χ0n) is 10.1. The van der Waals surface area contributed by atoms with Crippen LogP contribution in [0.1, 0.15) is 15.9 Å². The molecule has 4 nitrogen and oxygen atoms in total. The topological polar surface area (TPSA) is 67.5 Å². The minimum atomic E-state index is -1.05. The highest BCUT2D eigenvalue weighted by Gasteiger charge is 2.11. The molecule has 2 aromatic carbocycles. The van der Waals surface area contributed by atoms with E-state index in [1.165, 1.54) is 18.2 Å². The molecular weight excluding hydrogens is 244 g/mol. The molecule has 0 aliphatic carbocycles. The highest BCUT2D eigenvalue weighted by molar-refractivity contribution is 5.96. The van der Waals surface area contributed by atoms with Gasteiger partial charge in [-0.2, -0.15) is 0 Å². The van der Waals surface area contributed by atoms with Gasteiger partial charge in [-0.3, -0.25) is 4.79 Å². The first-order valence-electron chi connectivity index (χ1n) is 5.77. The zero-order chi connectivity index (χ0) is 13.6. The lowest BCUT2D eigenvalue weighted by molar-refractivity contribution is 0.0697. The summed E-state index contributed by atoms with van der Waals surface area (Å²) in [6.07, 6.45) is 0. The average Bonchev–Trinajstić information content (AvgIpc) is 2.40. The van der Waals surface area contributed by atoms with Crippen LogP contribution in [-0.2, 0) is 0 Å². The van der Waals surface area contributed by atoms with Crippen molar-refractivity contribution in [3.05, 3.63) is 57.7 Å². The summed E-state index contributed by atoms with van der Waals surface area (Å²) in [4.78, 5) is 23.3. The first-order chi connectivity index (χ1) is 9.08. The second-order valence-electron chi connectivity index (χ2n) is 4.40. The van der Waals surface area contributed by atoms with Crippen molar-refractivity contribution in [2.45, 2.75) is 6.92 Å². The molecule has 1 heterocycles. The summed E-state index contributed by atoms with van der Waals surface area (Å²) < 4.78 is 5.69. The number of rotatable bonds is 1. The van der Waals surface area contributed by atoms with Gasteiger partial charge in [-0.25, -0.2) is 4.79 Å². The van der Waals surface area contributed by atoms with E-state index in [-0.39, 0.29) is 11.0 Å². The maximum absolute atomic E-state index is 12.3. The standard InChI is InChI=1S/C15H10O4/c1-8-3-2-4-11-13(16)10-6-5-9(15(17)18)7-12(10)19-14(8)11/h2-7H,1H3,(H,17,18). The number of aryl methyl sites for hydroxylation is 1. The maximum Gasteiger partial charge on any atom is 0.335 e. The van der Waals surface area contributed by atoms with Crippen molar-refractivity contribution in [1.29, 1.82) is 0 Å². The van der Waals surface area contributed by atoms with E-state index < -0.39 is 5.97 Å². The molecule has 94 valence electrons. The van der Waals surface area contributed by atoms with Gasteiger partial charge in [0.05, 0.1) is 16.3 Å². The van der Waals surface area contributed by atoms with Crippen LogP contribution in [-0.4, -0.2) is 11.1 Å². The molecule has 0 radical (unpaired) electrons. The largest absolute Gasteiger partial charge is 0.478 e. The van der Waals surface area contributed by atoms with Crippen LogP contribution >= 0.6 is 0 Å². The number of aromatic carboxylic acids is 1. The molecule has 3 aromatic rings. The number of carbonyl (C=O) groups is 1. The molecule has 0 fully saturated rings. The highest BCUT2D eigenvalue weighted by atomic mass is 16.4. The summed E-state index contributed by atoms with van der Waals surface area (Å²) in [7, 11) is 0. The van der Waals surface area contributed by atoms with Crippen LogP contribution in [0.25, 0.3) is 21.9 Å². The van der Waals surface area contributed by atoms with Crippen molar-refractivity contribution in [1.82, 2.24) is 0 Å². The predicted molar refractivity (Wildman–Crippen MR) is 71.7 cm³/mol. The molecule has 19 heavy (non-hydrogen) atoms. The molecule has 4 heteroatoms. The van der Waals surface area contributed by atoms with E-state index in [0.717, 1.165) is 5.56 Å². The van der Waals surface area contributed by atoms with Gasteiger partial charge < -0.3 is 9.52 Å².